The molecule has 1 aliphatic carbocycles. The molecule has 0 unspecified atom stereocenters. The number of carbonyl (C=O) groups excluding carboxylic acids is 1. The van der Waals surface area contributed by atoms with Crippen molar-refractivity contribution < 1.29 is 17.6 Å². The maximum absolute atomic E-state index is 12.8. The van der Waals surface area contributed by atoms with Gasteiger partial charge in [-0.2, -0.15) is 0 Å². The Morgan fingerprint density at radius 2 is 1.93 bits per heavy atom. The number of sulfonamides is 1. The maximum atomic E-state index is 12.8. The minimum atomic E-state index is -3.55. The minimum Gasteiger partial charge on any atom is -0.451 e. The number of unbranched alkanes of at least 4 members (excludes halogenated alkanes) is 2. The van der Waals surface area contributed by atoms with Crippen molar-refractivity contribution in [2.75, 3.05) is 13.6 Å². The summed E-state index contributed by atoms with van der Waals surface area (Å²) < 4.78 is 32.6. The van der Waals surface area contributed by atoms with Gasteiger partial charge in [0.1, 0.15) is 5.58 Å². The van der Waals surface area contributed by atoms with E-state index in [4.69, 9.17) is 4.42 Å². The molecule has 1 saturated carbocycles. The molecule has 0 saturated heterocycles. The van der Waals surface area contributed by atoms with Gasteiger partial charge in [-0.15, -0.1) is 0 Å². The fourth-order valence-electron chi connectivity index (χ4n) is 3.68. The molecule has 0 spiro atoms. The summed E-state index contributed by atoms with van der Waals surface area (Å²) in [6.07, 6.45) is 8.38. The van der Waals surface area contributed by atoms with E-state index in [1.807, 2.05) is 0 Å². The number of nitrogens with one attached hydrogen (secondary N) is 1. The van der Waals surface area contributed by atoms with Crippen molar-refractivity contribution in [2.24, 2.45) is 0 Å². The second-order valence-corrected chi connectivity index (χ2v) is 9.70. The Kier molecular flexibility index (Phi) is 6.78. The van der Waals surface area contributed by atoms with Gasteiger partial charge in [0.25, 0.3) is 5.91 Å². The summed E-state index contributed by atoms with van der Waals surface area (Å²) in [4.78, 5) is 12.7. The first-order valence-electron chi connectivity index (χ1n) is 10.2. The van der Waals surface area contributed by atoms with Crippen LogP contribution in [0.1, 0.15) is 68.8 Å². The van der Waals surface area contributed by atoms with Gasteiger partial charge < -0.3 is 9.73 Å². The number of rotatable bonds is 8. The van der Waals surface area contributed by atoms with Crippen molar-refractivity contribution >= 4 is 26.9 Å². The summed E-state index contributed by atoms with van der Waals surface area (Å²) in [6, 6.07) is 6.58. The van der Waals surface area contributed by atoms with E-state index < -0.39 is 10.0 Å². The van der Waals surface area contributed by atoms with Crippen LogP contribution < -0.4 is 5.32 Å². The largest absolute Gasteiger partial charge is 0.451 e. The molecule has 1 aromatic carbocycles. The Morgan fingerprint density at radius 1 is 1.18 bits per heavy atom. The van der Waals surface area contributed by atoms with Gasteiger partial charge in [0.05, 0.1) is 4.90 Å². The van der Waals surface area contributed by atoms with Gasteiger partial charge in [0, 0.05) is 25.0 Å². The number of carbonyl (C=O) groups is 1. The summed E-state index contributed by atoms with van der Waals surface area (Å²) in [5, 5.41) is 3.65. The number of fused-ring (bicyclic) bond motifs is 1. The Balaban J connectivity index is 1.75. The Morgan fingerprint density at radius 3 is 2.64 bits per heavy atom. The maximum Gasteiger partial charge on any atom is 0.287 e. The normalized spacial score (nSPS) is 16.0. The molecule has 1 aromatic heterocycles. The van der Waals surface area contributed by atoms with Crippen LogP contribution in [0.2, 0.25) is 0 Å². The zero-order valence-electron chi connectivity index (χ0n) is 16.7. The smallest absolute Gasteiger partial charge is 0.287 e. The zero-order chi connectivity index (χ0) is 20.1. The summed E-state index contributed by atoms with van der Waals surface area (Å²) in [6.45, 7) is 2.58. The molecule has 1 N–H and O–H groups in total. The average molecular weight is 407 g/mol. The quantitative estimate of drug-likeness (QED) is 0.663. The van der Waals surface area contributed by atoms with Crippen LogP contribution in [0.25, 0.3) is 11.0 Å². The number of nitrogens with zero attached hydrogens (tertiary/aromatic N) is 1. The third-order valence-corrected chi connectivity index (χ3v) is 7.29. The van der Waals surface area contributed by atoms with Gasteiger partial charge in [-0.3, -0.25) is 4.79 Å². The van der Waals surface area contributed by atoms with Crippen LogP contribution in [-0.4, -0.2) is 38.3 Å². The van der Waals surface area contributed by atoms with Crippen LogP contribution in [0.3, 0.4) is 0 Å². The molecular weight excluding hydrogens is 376 g/mol. The predicted octanol–water partition coefficient (Wildman–Crippen LogP) is 4.31. The zero-order valence-corrected chi connectivity index (χ0v) is 17.6. The van der Waals surface area contributed by atoms with Crippen molar-refractivity contribution in [1.82, 2.24) is 9.62 Å². The van der Waals surface area contributed by atoms with Gasteiger partial charge in [0.15, 0.2) is 5.76 Å². The lowest BCUT2D eigenvalue weighted by molar-refractivity contribution is 0.0901. The van der Waals surface area contributed by atoms with Crippen LogP contribution in [0.5, 0.6) is 0 Å². The lowest BCUT2D eigenvalue weighted by atomic mass is 9.95. The molecule has 1 heterocycles. The highest BCUT2D eigenvalue weighted by atomic mass is 32.2. The number of hydrogen-bond donors (Lipinski definition) is 1. The highest BCUT2D eigenvalue weighted by Crippen LogP contribution is 2.25. The van der Waals surface area contributed by atoms with Crippen LogP contribution in [-0.2, 0) is 10.0 Å². The molecule has 0 radical (unpaired) electrons. The van der Waals surface area contributed by atoms with Crippen molar-refractivity contribution in [3.05, 3.63) is 30.0 Å². The lowest BCUT2D eigenvalue weighted by Gasteiger charge is -2.22. The number of benzene rings is 1. The Labute approximate surface area is 167 Å². The molecule has 154 valence electrons. The third-order valence-electron chi connectivity index (χ3n) is 5.44. The molecule has 3 rings (SSSR count). The van der Waals surface area contributed by atoms with E-state index in [-0.39, 0.29) is 22.6 Å². The first kappa shape index (κ1) is 20.9. The number of hydrogen-bond acceptors (Lipinski definition) is 4. The Hall–Kier alpha value is -1.86. The highest BCUT2D eigenvalue weighted by molar-refractivity contribution is 7.89. The van der Waals surface area contributed by atoms with Crippen LogP contribution in [0, 0.1) is 0 Å². The van der Waals surface area contributed by atoms with E-state index in [0.717, 1.165) is 44.9 Å². The van der Waals surface area contributed by atoms with Gasteiger partial charge >= 0.3 is 0 Å². The Bertz CT molecular complexity index is 914. The van der Waals surface area contributed by atoms with Crippen LogP contribution in [0.4, 0.5) is 0 Å². The molecule has 0 atom stereocenters. The van der Waals surface area contributed by atoms with Gasteiger partial charge in [-0.25, -0.2) is 12.7 Å². The number of furan rings is 1. The SMILES string of the molecule is CCCCCN(C)S(=O)(=O)c1ccc2oc(C(=O)NC3CCCCC3)cc2c1. The van der Waals surface area contributed by atoms with E-state index in [2.05, 4.69) is 12.2 Å². The van der Waals surface area contributed by atoms with Gasteiger partial charge in [-0.05, 0) is 43.5 Å². The minimum absolute atomic E-state index is 0.196. The van der Waals surface area contributed by atoms with E-state index in [9.17, 15) is 13.2 Å². The second-order valence-electron chi connectivity index (χ2n) is 7.65. The summed E-state index contributed by atoms with van der Waals surface area (Å²) in [5.41, 5.74) is 0.515. The molecule has 1 amide bonds. The predicted molar refractivity (Wildman–Crippen MR) is 110 cm³/mol. The van der Waals surface area contributed by atoms with Gasteiger partial charge in [0.2, 0.25) is 10.0 Å². The second kappa shape index (κ2) is 9.09. The monoisotopic (exact) mass is 406 g/mol. The summed E-state index contributed by atoms with van der Waals surface area (Å²) >= 11 is 0. The van der Waals surface area contributed by atoms with Crippen LogP contribution >= 0.6 is 0 Å². The molecule has 28 heavy (non-hydrogen) atoms. The van der Waals surface area contributed by atoms with Crippen molar-refractivity contribution in [2.45, 2.75) is 69.2 Å². The van der Waals surface area contributed by atoms with Crippen molar-refractivity contribution in [3.8, 4) is 0 Å². The van der Waals surface area contributed by atoms with Crippen molar-refractivity contribution in [1.29, 1.82) is 0 Å². The first-order valence-corrected chi connectivity index (χ1v) is 11.7. The van der Waals surface area contributed by atoms with Crippen molar-refractivity contribution in [3.63, 3.8) is 0 Å². The molecule has 7 heteroatoms. The first-order chi connectivity index (χ1) is 13.4. The molecule has 0 bridgehead atoms. The molecule has 1 fully saturated rings. The highest BCUT2D eigenvalue weighted by Gasteiger charge is 2.23. The summed E-state index contributed by atoms with van der Waals surface area (Å²) in [5.74, 6) is -0.00406. The third kappa shape index (κ3) is 4.75. The van der Waals surface area contributed by atoms with E-state index in [1.54, 1.807) is 31.3 Å². The average Bonchev–Trinajstić information content (AvgIpc) is 3.12. The standard InChI is InChI=1S/C21H30N2O4S/c1-3-4-8-13-23(2)28(25,26)18-11-12-19-16(14-18)15-20(27-19)21(24)22-17-9-6-5-7-10-17/h11-12,14-15,17H,3-10,13H2,1-2H3,(H,22,24). The topological polar surface area (TPSA) is 79.6 Å². The molecule has 1 aliphatic rings. The fraction of sp³-hybridized carbons (Fsp3) is 0.571. The molecule has 0 aliphatic heterocycles. The summed E-state index contributed by atoms with van der Waals surface area (Å²) in [7, 11) is -1.95. The lowest BCUT2D eigenvalue weighted by Crippen LogP contribution is -2.35. The van der Waals surface area contributed by atoms with E-state index in [0.29, 0.717) is 17.5 Å². The molecule has 6 nitrogen and oxygen atoms in total. The van der Waals surface area contributed by atoms with E-state index >= 15 is 0 Å². The van der Waals surface area contributed by atoms with Gasteiger partial charge in [-0.1, -0.05) is 39.0 Å². The molecule has 2 aromatic rings. The van der Waals surface area contributed by atoms with E-state index in [1.165, 1.54) is 10.7 Å². The molecular formula is C21H30N2O4S. The van der Waals surface area contributed by atoms with Crippen LogP contribution in [0.15, 0.2) is 33.6 Å². The fourth-order valence-corrected chi connectivity index (χ4v) is 4.93. The number of amides is 1.